The zero-order valence-corrected chi connectivity index (χ0v) is 12.8. The van der Waals surface area contributed by atoms with E-state index in [1.54, 1.807) is 6.07 Å². The van der Waals surface area contributed by atoms with Crippen LogP contribution in [0.15, 0.2) is 65.1 Å². The molecule has 1 atom stereocenters. The highest BCUT2D eigenvalue weighted by atomic mass is 79.9. The standard InChI is InChI=1S/C17H14BrFN2/c18-14-6-3-7-15(19)16(14)17(21-20)13-9-8-11-4-1-2-5-12(11)10-13/h1-10,17,21H,20H2. The van der Waals surface area contributed by atoms with Gasteiger partial charge in [0.2, 0.25) is 0 Å². The summed E-state index contributed by atoms with van der Waals surface area (Å²) in [5, 5.41) is 2.24. The lowest BCUT2D eigenvalue weighted by Gasteiger charge is -2.19. The molecule has 4 heteroatoms. The minimum atomic E-state index is -0.412. The van der Waals surface area contributed by atoms with Gasteiger partial charge in [-0.05, 0) is 34.5 Å². The first-order valence-corrected chi connectivity index (χ1v) is 7.39. The molecule has 2 nitrogen and oxygen atoms in total. The SMILES string of the molecule is NNC(c1ccc2ccccc2c1)c1c(F)cccc1Br. The number of nitrogens with two attached hydrogens (primary N) is 1. The Balaban J connectivity index is 2.14. The highest BCUT2D eigenvalue weighted by molar-refractivity contribution is 9.10. The van der Waals surface area contributed by atoms with Gasteiger partial charge in [0.25, 0.3) is 0 Å². The van der Waals surface area contributed by atoms with Crippen LogP contribution in [-0.2, 0) is 0 Å². The molecule has 3 aromatic carbocycles. The van der Waals surface area contributed by atoms with Gasteiger partial charge in [-0.1, -0.05) is 58.4 Å². The lowest BCUT2D eigenvalue weighted by molar-refractivity contribution is 0.558. The van der Waals surface area contributed by atoms with E-state index in [1.807, 2.05) is 48.5 Å². The van der Waals surface area contributed by atoms with E-state index in [2.05, 4.69) is 21.4 Å². The Morgan fingerprint density at radius 3 is 2.43 bits per heavy atom. The van der Waals surface area contributed by atoms with Gasteiger partial charge in [-0.25, -0.2) is 9.82 Å². The maximum atomic E-state index is 14.2. The van der Waals surface area contributed by atoms with Crippen molar-refractivity contribution in [2.75, 3.05) is 0 Å². The van der Waals surface area contributed by atoms with Crippen LogP contribution in [0.2, 0.25) is 0 Å². The Hall–Kier alpha value is -1.75. The molecule has 0 saturated heterocycles. The molecule has 0 heterocycles. The summed E-state index contributed by atoms with van der Waals surface area (Å²) in [4.78, 5) is 0. The molecule has 3 N–H and O–H groups in total. The van der Waals surface area contributed by atoms with E-state index in [0.717, 1.165) is 16.3 Å². The molecular formula is C17H14BrFN2. The van der Waals surface area contributed by atoms with E-state index < -0.39 is 6.04 Å². The van der Waals surface area contributed by atoms with Crippen LogP contribution in [0.5, 0.6) is 0 Å². The second-order valence-corrected chi connectivity index (χ2v) is 5.70. The van der Waals surface area contributed by atoms with Gasteiger partial charge in [0, 0.05) is 10.0 Å². The van der Waals surface area contributed by atoms with Gasteiger partial charge < -0.3 is 0 Å². The van der Waals surface area contributed by atoms with Gasteiger partial charge in [0.15, 0.2) is 0 Å². The van der Waals surface area contributed by atoms with Crippen molar-refractivity contribution in [1.82, 2.24) is 5.43 Å². The summed E-state index contributed by atoms with van der Waals surface area (Å²) in [7, 11) is 0. The van der Waals surface area contributed by atoms with Crippen LogP contribution in [0.4, 0.5) is 4.39 Å². The van der Waals surface area contributed by atoms with Crippen molar-refractivity contribution < 1.29 is 4.39 Å². The van der Waals surface area contributed by atoms with Crippen molar-refractivity contribution in [3.8, 4) is 0 Å². The van der Waals surface area contributed by atoms with Crippen molar-refractivity contribution in [2.45, 2.75) is 6.04 Å². The highest BCUT2D eigenvalue weighted by Crippen LogP contribution is 2.31. The van der Waals surface area contributed by atoms with Crippen molar-refractivity contribution in [2.24, 2.45) is 5.84 Å². The molecule has 0 fully saturated rings. The average molecular weight is 345 g/mol. The van der Waals surface area contributed by atoms with Gasteiger partial charge in [0.05, 0.1) is 6.04 Å². The molecule has 106 valence electrons. The molecule has 1 unspecified atom stereocenters. The Morgan fingerprint density at radius 2 is 1.71 bits per heavy atom. The summed E-state index contributed by atoms with van der Waals surface area (Å²) >= 11 is 3.40. The molecule has 0 aliphatic carbocycles. The highest BCUT2D eigenvalue weighted by Gasteiger charge is 2.19. The van der Waals surface area contributed by atoms with E-state index in [4.69, 9.17) is 5.84 Å². The number of rotatable bonds is 3. The lowest BCUT2D eigenvalue weighted by atomic mass is 9.96. The molecular weight excluding hydrogens is 331 g/mol. The molecule has 0 amide bonds. The van der Waals surface area contributed by atoms with Crippen molar-refractivity contribution >= 4 is 26.7 Å². The first-order valence-electron chi connectivity index (χ1n) is 6.59. The predicted molar refractivity (Wildman–Crippen MR) is 87.2 cm³/mol. The number of hydrazine groups is 1. The number of benzene rings is 3. The number of hydrogen-bond donors (Lipinski definition) is 2. The van der Waals surface area contributed by atoms with Gasteiger partial charge in [0.1, 0.15) is 5.82 Å². The second kappa shape index (κ2) is 5.93. The Bertz CT molecular complexity index is 768. The van der Waals surface area contributed by atoms with E-state index in [9.17, 15) is 4.39 Å². The van der Waals surface area contributed by atoms with Crippen LogP contribution in [0, 0.1) is 5.82 Å². The quantitative estimate of drug-likeness (QED) is 0.549. The van der Waals surface area contributed by atoms with Crippen LogP contribution in [-0.4, -0.2) is 0 Å². The zero-order chi connectivity index (χ0) is 14.8. The summed E-state index contributed by atoms with van der Waals surface area (Å²) in [5.41, 5.74) is 4.14. The topological polar surface area (TPSA) is 38.0 Å². The number of nitrogens with one attached hydrogen (secondary N) is 1. The van der Waals surface area contributed by atoms with Crippen LogP contribution in [0.3, 0.4) is 0 Å². The van der Waals surface area contributed by atoms with Gasteiger partial charge in [-0.3, -0.25) is 5.84 Å². The molecule has 0 bridgehead atoms. The van der Waals surface area contributed by atoms with E-state index in [0.29, 0.717) is 10.0 Å². The minimum Gasteiger partial charge on any atom is -0.271 e. The van der Waals surface area contributed by atoms with Crippen LogP contribution >= 0.6 is 15.9 Å². The smallest absolute Gasteiger partial charge is 0.129 e. The minimum absolute atomic E-state index is 0.291. The second-order valence-electron chi connectivity index (χ2n) is 4.84. The van der Waals surface area contributed by atoms with Gasteiger partial charge in [-0.2, -0.15) is 0 Å². The third kappa shape index (κ3) is 2.70. The number of hydrogen-bond acceptors (Lipinski definition) is 2. The fourth-order valence-corrected chi connectivity index (χ4v) is 3.09. The van der Waals surface area contributed by atoms with Crippen molar-refractivity contribution in [1.29, 1.82) is 0 Å². The van der Waals surface area contributed by atoms with Crippen molar-refractivity contribution in [3.05, 3.63) is 82.1 Å². The zero-order valence-electron chi connectivity index (χ0n) is 11.2. The summed E-state index contributed by atoms with van der Waals surface area (Å²) in [5.74, 6) is 5.39. The Labute approximate surface area is 130 Å². The Morgan fingerprint density at radius 1 is 0.952 bits per heavy atom. The van der Waals surface area contributed by atoms with Crippen molar-refractivity contribution in [3.63, 3.8) is 0 Å². The lowest BCUT2D eigenvalue weighted by Crippen LogP contribution is -2.29. The third-order valence-corrected chi connectivity index (χ3v) is 4.25. The predicted octanol–water partition coefficient (Wildman–Crippen LogP) is 4.29. The monoisotopic (exact) mass is 344 g/mol. The van der Waals surface area contributed by atoms with Gasteiger partial charge >= 0.3 is 0 Å². The van der Waals surface area contributed by atoms with Gasteiger partial charge in [-0.15, -0.1) is 0 Å². The number of fused-ring (bicyclic) bond motifs is 1. The maximum Gasteiger partial charge on any atom is 0.129 e. The first-order chi connectivity index (χ1) is 10.2. The molecule has 3 rings (SSSR count). The molecule has 3 aromatic rings. The average Bonchev–Trinajstić information content (AvgIpc) is 2.50. The normalized spacial score (nSPS) is 12.5. The Kier molecular flexibility index (Phi) is 4.01. The summed E-state index contributed by atoms with van der Waals surface area (Å²) in [6.45, 7) is 0. The fraction of sp³-hybridized carbons (Fsp3) is 0.0588. The fourth-order valence-electron chi connectivity index (χ4n) is 2.52. The van der Waals surface area contributed by atoms with E-state index in [1.165, 1.54) is 6.07 Å². The molecule has 0 aliphatic rings. The molecule has 0 aromatic heterocycles. The summed E-state index contributed by atoms with van der Waals surface area (Å²) in [6.07, 6.45) is 0. The largest absolute Gasteiger partial charge is 0.271 e. The van der Waals surface area contributed by atoms with Crippen LogP contribution in [0.1, 0.15) is 17.2 Å². The third-order valence-electron chi connectivity index (χ3n) is 3.56. The first kappa shape index (κ1) is 14.2. The molecule has 0 radical (unpaired) electrons. The maximum absolute atomic E-state index is 14.2. The molecule has 21 heavy (non-hydrogen) atoms. The molecule has 0 spiro atoms. The summed E-state index contributed by atoms with van der Waals surface area (Å²) < 4.78 is 14.9. The van der Waals surface area contributed by atoms with Crippen LogP contribution in [0.25, 0.3) is 10.8 Å². The van der Waals surface area contributed by atoms with E-state index in [-0.39, 0.29) is 5.82 Å². The number of halogens is 2. The summed E-state index contributed by atoms with van der Waals surface area (Å²) in [6, 6.07) is 18.6. The van der Waals surface area contributed by atoms with E-state index >= 15 is 0 Å². The molecule has 0 saturated carbocycles. The molecule has 0 aliphatic heterocycles. The van der Waals surface area contributed by atoms with Crippen LogP contribution < -0.4 is 11.3 Å².